The van der Waals surface area contributed by atoms with E-state index in [0.29, 0.717) is 18.3 Å². The van der Waals surface area contributed by atoms with Crippen molar-refractivity contribution in [2.75, 3.05) is 33.0 Å². The Morgan fingerprint density at radius 2 is 2.06 bits per heavy atom. The van der Waals surface area contributed by atoms with Crippen LogP contribution < -0.4 is 10.5 Å². The van der Waals surface area contributed by atoms with Gasteiger partial charge in [-0.25, -0.2) is 9.97 Å². The summed E-state index contributed by atoms with van der Waals surface area (Å²) in [7, 11) is 4.00. The topological polar surface area (TPSA) is 64.3 Å². The van der Waals surface area contributed by atoms with Gasteiger partial charge in [0.25, 0.3) is 0 Å². The molecule has 0 radical (unpaired) electrons. The van der Waals surface area contributed by atoms with Gasteiger partial charge in [-0.2, -0.15) is 0 Å². The van der Waals surface area contributed by atoms with Crippen LogP contribution >= 0.6 is 0 Å². The summed E-state index contributed by atoms with van der Waals surface area (Å²) in [5.41, 5.74) is 6.70. The summed E-state index contributed by atoms with van der Waals surface area (Å²) in [4.78, 5) is 10.2. The van der Waals surface area contributed by atoms with Gasteiger partial charge >= 0.3 is 0 Å². The van der Waals surface area contributed by atoms with E-state index in [1.165, 1.54) is 6.33 Å². The SMILES string of the molecule is CC(C)c1c(N)ncnc1OCCN(C)C. The minimum absolute atomic E-state index is 0.260. The molecule has 1 heterocycles. The number of aromatic nitrogens is 2. The average molecular weight is 224 g/mol. The number of likely N-dealkylation sites (N-methyl/N-ethyl adjacent to an activating group) is 1. The molecule has 0 saturated heterocycles. The van der Waals surface area contributed by atoms with Gasteiger partial charge in [-0.05, 0) is 20.0 Å². The number of ether oxygens (including phenoxy) is 1. The Labute approximate surface area is 96.6 Å². The van der Waals surface area contributed by atoms with Gasteiger partial charge in [0.05, 0.1) is 5.56 Å². The molecule has 5 heteroatoms. The number of nitrogens with zero attached hydrogens (tertiary/aromatic N) is 3. The predicted molar refractivity (Wildman–Crippen MR) is 64.6 cm³/mol. The lowest BCUT2D eigenvalue weighted by atomic mass is 10.1. The number of rotatable bonds is 5. The summed E-state index contributed by atoms with van der Waals surface area (Å²) >= 11 is 0. The Kier molecular flexibility index (Phi) is 4.49. The van der Waals surface area contributed by atoms with E-state index in [1.54, 1.807) is 0 Å². The second-order valence-electron chi connectivity index (χ2n) is 4.28. The molecule has 0 aliphatic rings. The molecule has 0 saturated carbocycles. The molecule has 5 nitrogen and oxygen atoms in total. The first-order valence-electron chi connectivity index (χ1n) is 5.40. The maximum Gasteiger partial charge on any atom is 0.222 e. The van der Waals surface area contributed by atoms with Crippen molar-refractivity contribution in [1.82, 2.24) is 14.9 Å². The molecule has 90 valence electrons. The molecule has 0 unspecified atom stereocenters. The molecule has 0 atom stereocenters. The molecule has 0 amide bonds. The summed E-state index contributed by atoms with van der Waals surface area (Å²) in [6, 6.07) is 0. The molecular formula is C11H20N4O. The molecule has 0 aliphatic carbocycles. The van der Waals surface area contributed by atoms with E-state index < -0.39 is 0 Å². The van der Waals surface area contributed by atoms with E-state index in [2.05, 4.69) is 14.9 Å². The zero-order valence-electron chi connectivity index (χ0n) is 10.4. The third kappa shape index (κ3) is 3.34. The Morgan fingerprint density at radius 1 is 1.38 bits per heavy atom. The monoisotopic (exact) mass is 224 g/mol. The van der Waals surface area contributed by atoms with Crippen molar-refractivity contribution in [3.05, 3.63) is 11.9 Å². The number of anilines is 1. The summed E-state index contributed by atoms with van der Waals surface area (Å²) in [6.45, 7) is 5.55. The van der Waals surface area contributed by atoms with Crippen molar-refractivity contribution >= 4 is 5.82 Å². The summed E-state index contributed by atoms with van der Waals surface area (Å²) < 4.78 is 5.62. The van der Waals surface area contributed by atoms with Crippen LogP contribution in [0.15, 0.2) is 6.33 Å². The fourth-order valence-electron chi connectivity index (χ4n) is 1.37. The fourth-order valence-corrected chi connectivity index (χ4v) is 1.37. The smallest absolute Gasteiger partial charge is 0.222 e. The third-order valence-corrected chi connectivity index (χ3v) is 2.23. The largest absolute Gasteiger partial charge is 0.476 e. The van der Waals surface area contributed by atoms with Gasteiger partial charge in [0, 0.05) is 6.54 Å². The first-order valence-corrected chi connectivity index (χ1v) is 5.40. The molecule has 1 aromatic heterocycles. The first kappa shape index (κ1) is 12.7. The second-order valence-corrected chi connectivity index (χ2v) is 4.28. The summed E-state index contributed by atoms with van der Waals surface area (Å²) in [5.74, 6) is 1.37. The quantitative estimate of drug-likeness (QED) is 0.812. The second kappa shape index (κ2) is 5.65. The third-order valence-electron chi connectivity index (χ3n) is 2.23. The molecule has 0 aromatic carbocycles. The standard InChI is InChI=1S/C11H20N4O/c1-8(2)9-10(12)13-7-14-11(9)16-6-5-15(3)4/h7-8H,5-6H2,1-4H3,(H2,12,13,14). The van der Waals surface area contributed by atoms with Gasteiger partial charge in [-0.1, -0.05) is 13.8 Å². The molecular weight excluding hydrogens is 204 g/mol. The van der Waals surface area contributed by atoms with Crippen molar-refractivity contribution in [1.29, 1.82) is 0 Å². The Hall–Kier alpha value is -1.36. The van der Waals surface area contributed by atoms with Crippen LogP contribution in [0.4, 0.5) is 5.82 Å². The number of hydrogen-bond acceptors (Lipinski definition) is 5. The van der Waals surface area contributed by atoms with Crippen molar-refractivity contribution in [2.45, 2.75) is 19.8 Å². The van der Waals surface area contributed by atoms with E-state index in [-0.39, 0.29) is 5.92 Å². The normalized spacial score (nSPS) is 11.1. The Morgan fingerprint density at radius 3 is 2.62 bits per heavy atom. The zero-order chi connectivity index (χ0) is 12.1. The maximum absolute atomic E-state index is 5.81. The molecule has 0 spiro atoms. The highest BCUT2D eigenvalue weighted by Crippen LogP contribution is 2.27. The van der Waals surface area contributed by atoms with E-state index in [4.69, 9.17) is 10.5 Å². The van der Waals surface area contributed by atoms with Crippen LogP contribution in [0.5, 0.6) is 5.88 Å². The highest BCUT2D eigenvalue weighted by Gasteiger charge is 2.13. The predicted octanol–water partition coefficient (Wildman–Crippen LogP) is 1.12. The fraction of sp³-hybridized carbons (Fsp3) is 0.636. The van der Waals surface area contributed by atoms with Gasteiger partial charge < -0.3 is 15.4 Å². The average Bonchev–Trinajstić information content (AvgIpc) is 2.16. The van der Waals surface area contributed by atoms with Crippen LogP contribution in [0.3, 0.4) is 0 Å². The minimum atomic E-state index is 0.260. The lowest BCUT2D eigenvalue weighted by Crippen LogP contribution is -2.20. The van der Waals surface area contributed by atoms with Gasteiger partial charge in [0.15, 0.2) is 0 Å². The van der Waals surface area contributed by atoms with Crippen LogP contribution in [-0.2, 0) is 0 Å². The lowest BCUT2D eigenvalue weighted by Gasteiger charge is -2.15. The van der Waals surface area contributed by atoms with Gasteiger partial charge in [-0.3, -0.25) is 0 Å². The van der Waals surface area contributed by atoms with Crippen molar-refractivity contribution in [3.63, 3.8) is 0 Å². The molecule has 2 N–H and O–H groups in total. The lowest BCUT2D eigenvalue weighted by molar-refractivity contribution is 0.251. The van der Waals surface area contributed by atoms with E-state index in [0.717, 1.165) is 12.1 Å². The van der Waals surface area contributed by atoms with Crippen LogP contribution in [0.25, 0.3) is 0 Å². The summed E-state index contributed by atoms with van der Waals surface area (Å²) in [5, 5.41) is 0. The van der Waals surface area contributed by atoms with Gasteiger partial charge in [0.1, 0.15) is 18.8 Å². The number of nitrogen functional groups attached to an aromatic ring is 1. The molecule has 0 fully saturated rings. The minimum Gasteiger partial charge on any atom is -0.476 e. The molecule has 0 bridgehead atoms. The summed E-state index contributed by atoms with van der Waals surface area (Å²) in [6.07, 6.45) is 1.44. The highest BCUT2D eigenvalue weighted by molar-refractivity contribution is 5.46. The van der Waals surface area contributed by atoms with Gasteiger partial charge in [-0.15, -0.1) is 0 Å². The van der Waals surface area contributed by atoms with Crippen LogP contribution in [0.2, 0.25) is 0 Å². The van der Waals surface area contributed by atoms with E-state index in [1.807, 2.05) is 27.9 Å². The Balaban J connectivity index is 2.75. The highest BCUT2D eigenvalue weighted by atomic mass is 16.5. The molecule has 16 heavy (non-hydrogen) atoms. The van der Waals surface area contributed by atoms with Crippen LogP contribution in [0, 0.1) is 0 Å². The maximum atomic E-state index is 5.81. The molecule has 1 rings (SSSR count). The van der Waals surface area contributed by atoms with Crippen LogP contribution in [0.1, 0.15) is 25.3 Å². The van der Waals surface area contributed by atoms with Gasteiger partial charge in [0.2, 0.25) is 5.88 Å². The van der Waals surface area contributed by atoms with Crippen LogP contribution in [-0.4, -0.2) is 42.1 Å². The Bertz CT molecular complexity index is 339. The molecule has 1 aromatic rings. The van der Waals surface area contributed by atoms with Crippen molar-refractivity contribution < 1.29 is 4.74 Å². The number of nitrogens with two attached hydrogens (primary N) is 1. The molecule has 0 aliphatic heterocycles. The van der Waals surface area contributed by atoms with Crippen molar-refractivity contribution in [3.8, 4) is 5.88 Å². The zero-order valence-corrected chi connectivity index (χ0v) is 10.4. The van der Waals surface area contributed by atoms with E-state index >= 15 is 0 Å². The van der Waals surface area contributed by atoms with Crippen molar-refractivity contribution in [2.24, 2.45) is 0 Å². The first-order chi connectivity index (χ1) is 7.52. The van der Waals surface area contributed by atoms with E-state index in [9.17, 15) is 0 Å². The number of hydrogen-bond donors (Lipinski definition) is 1.